The lowest BCUT2D eigenvalue weighted by molar-refractivity contribution is -0.647. The number of hydrogen-bond donors (Lipinski definition) is 2. The van der Waals surface area contributed by atoms with Crippen LogP contribution in [0.25, 0.3) is 5.76 Å². The van der Waals surface area contributed by atoms with E-state index in [4.69, 9.17) is 38.2 Å². The van der Waals surface area contributed by atoms with Gasteiger partial charge in [0.25, 0.3) is 5.79 Å². The summed E-state index contributed by atoms with van der Waals surface area (Å²) in [6.07, 6.45) is 10.8. The van der Waals surface area contributed by atoms with Crippen LogP contribution in [0.3, 0.4) is 0 Å². The van der Waals surface area contributed by atoms with Crippen molar-refractivity contribution in [2.75, 3.05) is 40.6 Å². The Bertz CT molecular complexity index is 2210. The van der Waals surface area contributed by atoms with Crippen LogP contribution >= 0.6 is 0 Å². The highest BCUT2D eigenvalue weighted by Gasteiger charge is 2.78. The Balaban J connectivity index is 0.000000152. The summed E-state index contributed by atoms with van der Waals surface area (Å²) in [6.45, 7) is 2.06. The average Bonchev–Trinajstić information content (AvgIpc) is 3.31. The number of aliphatic hydroxyl groups excluding tert-OH is 2. The largest absolute Gasteiger partial charge is 0.496 e. The second-order valence-corrected chi connectivity index (χ2v) is 19.6. The summed E-state index contributed by atoms with van der Waals surface area (Å²) in [5.74, 6) is 4.66. The molecule has 0 aromatic heterocycles. The van der Waals surface area contributed by atoms with E-state index in [2.05, 4.69) is 42.5 Å². The Morgan fingerprint density at radius 1 is 0.594 bits per heavy atom. The first-order chi connectivity index (χ1) is 31.3. The van der Waals surface area contributed by atoms with Gasteiger partial charge >= 0.3 is 0 Å². The predicted molar refractivity (Wildman–Crippen MR) is 241 cm³/mol. The van der Waals surface area contributed by atoms with Gasteiger partial charge in [0, 0.05) is 30.1 Å². The molecule has 13 rings (SSSR count). The van der Waals surface area contributed by atoms with Crippen LogP contribution in [0.15, 0.2) is 115 Å². The molecule has 9 aliphatic rings. The first-order valence-corrected chi connectivity index (χ1v) is 23.6. The maximum absolute atomic E-state index is 9.34. The average molecular weight is 873 g/mol. The molecular weight excluding hydrogens is 809 g/mol. The standard InChI is InChI=1S/C27H32O6.C27H32O4/c1-29-27(21-8-5-9-24(14-21)30-18-19-6-3-2-4-7-19)26(32-33-27)22-12-20-13-23(26)17-25(15-20,16-22)31-11-10-28;1-29-26(21-8-5-9-24(14-21)30-18-19-6-3-2-4-7-19)25-22-12-20-13-23(25)17-27(15-20,16-22)31-11-10-28/h2-9,14,20,22-23,28H,10-13,15-18H2,1H3;2-9,14,20,22-23,28H,10-13,15-18H2,1H3. The molecule has 8 aliphatic carbocycles. The smallest absolute Gasteiger partial charge is 0.260 e. The highest BCUT2D eigenvalue weighted by molar-refractivity contribution is 5.66. The lowest BCUT2D eigenvalue weighted by atomic mass is 9.45. The molecule has 1 saturated heterocycles. The SMILES string of the molecule is COC(=C1C2CC3CC1CC(OCCO)(C3)C2)c1cccc(OCc2ccccc2)c1.COC1(c2cccc(OCc3ccccc3)c2)OOC12C1CC3CC2CC(OCCO)(C3)C1. The molecule has 5 unspecified atom stereocenters. The second kappa shape index (κ2) is 18.2. The highest BCUT2D eigenvalue weighted by Crippen LogP contribution is 2.71. The second-order valence-electron chi connectivity index (χ2n) is 19.6. The molecule has 0 amide bonds. The lowest BCUT2D eigenvalue weighted by Crippen LogP contribution is -2.78. The van der Waals surface area contributed by atoms with E-state index in [0.717, 1.165) is 96.8 Å². The Morgan fingerprint density at radius 3 is 1.67 bits per heavy atom. The number of benzene rings is 4. The van der Waals surface area contributed by atoms with Gasteiger partial charge in [0.05, 0.1) is 44.7 Å². The number of methoxy groups -OCH3 is 2. The lowest BCUT2D eigenvalue weighted by Gasteiger charge is -2.70. The van der Waals surface area contributed by atoms with Crippen molar-refractivity contribution in [1.29, 1.82) is 0 Å². The summed E-state index contributed by atoms with van der Waals surface area (Å²) in [6, 6.07) is 36.7. The van der Waals surface area contributed by atoms with Gasteiger partial charge in [-0.05, 0) is 129 Å². The van der Waals surface area contributed by atoms with Gasteiger partial charge in [0.2, 0.25) is 0 Å². The number of aliphatic hydroxyl groups is 2. The zero-order chi connectivity index (χ0) is 43.8. The monoisotopic (exact) mass is 872 g/mol. The maximum Gasteiger partial charge on any atom is 0.260 e. The van der Waals surface area contributed by atoms with E-state index >= 15 is 0 Å². The van der Waals surface area contributed by atoms with E-state index in [1.807, 2.05) is 66.7 Å². The van der Waals surface area contributed by atoms with Crippen molar-refractivity contribution in [2.45, 2.75) is 100 Å². The molecule has 64 heavy (non-hydrogen) atoms. The van der Waals surface area contributed by atoms with E-state index in [0.29, 0.717) is 44.2 Å². The molecule has 10 heteroatoms. The van der Waals surface area contributed by atoms with E-state index in [-0.39, 0.29) is 36.3 Å². The van der Waals surface area contributed by atoms with Crippen molar-refractivity contribution in [3.05, 3.63) is 137 Å². The van der Waals surface area contributed by atoms with Crippen LogP contribution in [0.2, 0.25) is 0 Å². The predicted octanol–water partition coefficient (Wildman–Crippen LogP) is 9.56. The van der Waals surface area contributed by atoms with Crippen molar-refractivity contribution in [2.24, 2.45) is 35.5 Å². The topological polar surface area (TPSA) is 114 Å². The van der Waals surface area contributed by atoms with Crippen LogP contribution in [0, 0.1) is 35.5 Å². The third kappa shape index (κ3) is 7.97. The first kappa shape index (κ1) is 43.6. The highest BCUT2D eigenvalue weighted by atomic mass is 17.3. The fraction of sp³-hybridized carbons (Fsp3) is 0.519. The molecule has 340 valence electrons. The van der Waals surface area contributed by atoms with Crippen molar-refractivity contribution in [3.63, 3.8) is 0 Å². The molecular formula is C54H64O10. The van der Waals surface area contributed by atoms with Gasteiger partial charge in [0.1, 0.15) is 30.5 Å². The van der Waals surface area contributed by atoms with Gasteiger partial charge in [-0.15, -0.1) is 0 Å². The zero-order valence-electron chi connectivity index (χ0n) is 37.3. The third-order valence-electron chi connectivity index (χ3n) is 15.7. The van der Waals surface area contributed by atoms with Gasteiger partial charge in [-0.3, -0.25) is 0 Å². The molecule has 2 N–H and O–H groups in total. The molecule has 8 saturated carbocycles. The van der Waals surface area contributed by atoms with Crippen molar-refractivity contribution in [3.8, 4) is 11.5 Å². The molecule has 1 spiro atoms. The van der Waals surface area contributed by atoms with Gasteiger partial charge in [-0.25, -0.2) is 4.89 Å². The number of ether oxygens (including phenoxy) is 6. The van der Waals surface area contributed by atoms with Crippen LogP contribution < -0.4 is 9.47 Å². The van der Waals surface area contributed by atoms with Crippen LogP contribution in [0.5, 0.6) is 11.5 Å². The molecule has 9 fully saturated rings. The summed E-state index contributed by atoms with van der Waals surface area (Å²) < 4.78 is 36.9. The van der Waals surface area contributed by atoms with Crippen LogP contribution in [0.1, 0.15) is 86.5 Å². The molecule has 1 heterocycles. The molecule has 4 aromatic carbocycles. The fourth-order valence-corrected chi connectivity index (χ4v) is 13.7. The minimum atomic E-state index is -0.958. The minimum absolute atomic E-state index is 0.0395. The third-order valence-corrected chi connectivity index (χ3v) is 15.7. The Hall–Kier alpha value is -4.26. The van der Waals surface area contributed by atoms with Crippen LogP contribution in [-0.4, -0.2) is 67.7 Å². The molecule has 1 aliphatic heterocycles. The first-order valence-electron chi connectivity index (χ1n) is 23.6. The quantitative estimate of drug-likeness (QED) is 0.0834. The van der Waals surface area contributed by atoms with E-state index in [9.17, 15) is 10.2 Å². The molecule has 8 bridgehead atoms. The van der Waals surface area contributed by atoms with Crippen LogP contribution in [0.4, 0.5) is 0 Å². The fourth-order valence-electron chi connectivity index (χ4n) is 13.7. The molecule has 0 radical (unpaired) electrons. The summed E-state index contributed by atoms with van der Waals surface area (Å²) in [5, 5.41) is 18.6. The van der Waals surface area contributed by atoms with Crippen molar-refractivity contribution < 1.29 is 48.4 Å². The summed E-state index contributed by atoms with van der Waals surface area (Å²) in [4.78, 5) is 12.0. The van der Waals surface area contributed by atoms with Crippen molar-refractivity contribution in [1.82, 2.24) is 0 Å². The van der Waals surface area contributed by atoms with Crippen molar-refractivity contribution >= 4 is 5.76 Å². The van der Waals surface area contributed by atoms with Gasteiger partial charge in [0.15, 0.2) is 5.60 Å². The number of allylic oxidation sites excluding steroid dienone is 1. The molecule has 10 nitrogen and oxygen atoms in total. The number of rotatable bonds is 16. The van der Waals surface area contributed by atoms with E-state index in [1.165, 1.54) is 18.4 Å². The zero-order valence-corrected chi connectivity index (χ0v) is 37.3. The Labute approximate surface area is 377 Å². The van der Waals surface area contributed by atoms with E-state index in [1.54, 1.807) is 14.2 Å². The summed E-state index contributed by atoms with van der Waals surface area (Å²) >= 11 is 0. The Morgan fingerprint density at radius 2 is 1.14 bits per heavy atom. The van der Waals surface area contributed by atoms with E-state index < -0.39 is 11.4 Å². The minimum Gasteiger partial charge on any atom is -0.496 e. The number of hydrogen-bond acceptors (Lipinski definition) is 10. The summed E-state index contributed by atoms with van der Waals surface area (Å²) in [7, 11) is 3.51. The summed E-state index contributed by atoms with van der Waals surface area (Å²) in [5.41, 5.74) is 5.07. The van der Waals surface area contributed by atoms with Gasteiger partial charge in [-0.1, -0.05) is 84.9 Å². The van der Waals surface area contributed by atoms with Gasteiger partial charge in [-0.2, -0.15) is 4.89 Å². The molecule has 5 atom stereocenters. The Kier molecular flexibility index (Phi) is 12.4. The molecule has 4 aromatic rings. The normalized spacial score (nSPS) is 33.7. The maximum atomic E-state index is 9.34. The van der Waals surface area contributed by atoms with Gasteiger partial charge < -0.3 is 38.6 Å². The van der Waals surface area contributed by atoms with Crippen LogP contribution in [-0.2, 0) is 47.7 Å².